The molecule has 2 heterocycles. The average molecular weight is 432 g/mol. The van der Waals surface area contributed by atoms with Gasteiger partial charge in [0.2, 0.25) is 0 Å². The van der Waals surface area contributed by atoms with Crippen LogP contribution in [-0.4, -0.2) is 52.6 Å². The van der Waals surface area contributed by atoms with Gasteiger partial charge in [0.15, 0.2) is 0 Å². The van der Waals surface area contributed by atoms with Crippen molar-refractivity contribution in [2.75, 3.05) is 37.6 Å². The molecule has 0 aliphatic carbocycles. The zero-order valence-corrected chi connectivity index (χ0v) is 17.6. The van der Waals surface area contributed by atoms with E-state index in [1.165, 1.54) is 12.1 Å². The highest BCUT2D eigenvalue weighted by Crippen LogP contribution is 2.31. The van der Waals surface area contributed by atoms with Crippen molar-refractivity contribution in [1.82, 2.24) is 19.9 Å². The summed E-state index contributed by atoms with van der Waals surface area (Å²) in [5.74, 6) is 0. The molecule has 0 unspecified atom stereocenters. The number of halogens is 3. The van der Waals surface area contributed by atoms with Crippen molar-refractivity contribution < 1.29 is 13.2 Å². The molecule has 0 bridgehead atoms. The number of anilines is 1. The van der Waals surface area contributed by atoms with Crippen LogP contribution in [0, 0.1) is 0 Å². The Morgan fingerprint density at radius 1 is 0.742 bits per heavy atom. The molecule has 4 rings (SSSR count). The Hall–Kier alpha value is -2.61. The van der Waals surface area contributed by atoms with E-state index < -0.39 is 11.7 Å². The summed E-state index contributed by atoms with van der Waals surface area (Å²) in [4.78, 5) is 6.25. The first-order valence-corrected chi connectivity index (χ1v) is 10.9. The second-order valence-corrected chi connectivity index (χ2v) is 8.08. The number of fused-ring (bicyclic) bond motifs is 1. The number of aromatic nitrogens is 3. The Balaban J connectivity index is 1.12. The number of alkyl halides is 3. The number of hydrogen-bond donors (Lipinski definition) is 0. The maximum absolute atomic E-state index is 12.9. The van der Waals surface area contributed by atoms with E-state index in [-0.39, 0.29) is 0 Å². The summed E-state index contributed by atoms with van der Waals surface area (Å²) in [6.07, 6.45) is 0.206. The number of aryl methyl sites for hydroxylation is 1. The topological polar surface area (TPSA) is 37.2 Å². The van der Waals surface area contributed by atoms with Crippen LogP contribution in [0.2, 0.25) is 0 Å². The van der Waals surface area contributed by atoms with Gasteiger partial charge in [-0.05, 0) is 49.7 Å². The summed E-state index contributed by atoms with van der Waals surface area (Å²) in [7, 11) is 0. The Bertz CT molecular complexity index is 944. The first-order valence-electron chi connectivity index (χ1n) is 10.9. The molecule has 1 saturated heterocycles. The van der Waals surface area contributed by atoms with Crippen molar-refractivity contribution >= 4 is 16.7 Å². The third kappa shape index (κ3) is 5.76. The van der Waals surface area contributed by atoms with E-state index in [0.717, 1.165) is 82.1 Å². The maximum Gasteiger partial charge on any atom is 0.416 e. The minimum Gasteiger partial charge on any atom is -0.369 e. The highest BCUT2D eigenvalue weighted by atomic mass is 19.4. The van der Waals surface area contributed by atoms with E-state index in [4.69, 9.17) is 0 Å². The van der Waals surface area contributed by atoms with Crippen LogP contribution >= 0.6 is 0 Å². The molecule has 31 heavy (non-hydrogen) atoms. The van der Waals surface area contributed by atoms with Crippen LogP contribution in [0.4, 0.5) is 18.9 Å². The van der Waals surface area contributed by atoms with Crippen molar-refractivity contribution in [2.45, 2.75) is 38.4 Å². The normalized spacial score (nSPS) is 15.6. The summed E-state index contributed by atoms with van der Waals surface area (Å²) < 4.78 is 38.8. The van der Waals surface area contributed by atoms with Crippen LogP contribution < -0.4 is 4.90 Å². The number of benzene rings is 2. The molecular weight excluding hydrogens is 403 g/mol. The van der Waals surface area contributed by atoms with Crippen molar-refractivity contribution in [3.05, 3.63) is 54.1 Å². The number of hydrogen-bond acceptors (Lipinski definition) is 4. The number of rotatable bonds is 8. The second-order valence-electron chi connectivity index (χ2n) is 8.08. The third-order valence-corrected chi connectivity index (χ3v) is 5.82. The van der Waals surface area contributed by atoms with Gasteiger partial charge in [0.25, 0.3) is 0 Å². The van der Waals surface area contributed by atoms with E-state index >= 15 is 0 Å². The van der Waals surface area contributed by atoms with Crippen molar-refractivity contribution in [3.63, 3.8) is 0 Å². The predicted molar refractivity (Wildman–Crippen MR) is 116 cm³/mol. The third-order valence-electron chi connectivity index (χ3n) is 5.82. The van der Waals surface area contributed by atoms with Gasteiger partial charge in [-0.25, -0.2) is 0 Å². The molecule has 8 heteroatoms. The highest BCUT2D eigenvalue weighted by Gasteiger charge is 2.31. The zero-order valence-electron chi connectivity index (χ0n) is 17.6. The highest BCUT2D eigenvalue weighted by molar-refractivity contribution is 5.72. The molecule has 0 N–H and O–H groups in total. The van der Waals surface area contributed by atoms with Gasteiger partial charge in [-0.2, -0.15) is 28.2 Å². The van der Waals surface area contributed by atoms with Crippen LogP contribution in [0.15, 0.2) is 48.5 Å². The van der Waals surface area contributed by atoms with Crippen molar-refractivity contribution in [1.29, 1.82) is 0 Å². The van der Waals surface area contributed by atoms with E-state index in [1.807, 2.05) is 29.2 Å². The first-order chi connectivity index (χ1) is 15.0. The Labute approximate surface area is 180 Å². The molecule has 0 saturated carbocycles. The summed E-state index contributed by atoms with van der Waals surface area (Å²) in [6, 6.07) is 13.5. The lowest BCUT2D eigenvalue weighted by Crippen LogP contribution is -2.46. The standard InChI is InChI=1S/C23H28F3N5/c24-23(25,26)19-8-7-9-20(18-19)30-16-14-29(15-17-30)12-5-1-2-6-13-31-27-21-10-3-4-11-22(21)28-31/h3-4,7-11,18H,1-2,5-6,12-17H2. The summed E-state index contributed by atoms with van der Waals surface area (Å²) in [5, 5.41) is 8.97. The number of unbranched alkanes of at least 4 members (excludes halogenated alkanes) is 3. The molecule has 0 amide bonds. The predicted octanol–water partition coefficient (Wildman–Crippen LogP) is 4.83. The van der Waals surface area contributed by atoms with Crippen LogP contribution in [0.25, 0.3) is 11.0 Å². The Morgan fingerprint density at radius 2 is 1.39 bits per heavy atom. The maximum atomic E-state index is 12.9. The van der Waals surface area contributed by atoms with Crippen molar-refractivity contribution in [3.8, 4) is 0 Å². The Kier molecular flexibility index (Phi) is 6.75. The summed E-state index contributed by atoms with van der Waals surface area (Å²) in [5.41, 5.74) is 1.96. The molecule has 5 nitrogen and oxygen atoms in total. The lowest BCUT2D eigenvalue weighted by molar-refractivity contribution is -0.137. The second kappa shape index (κ2) is 9.68. The SMILES string of the molecule is FC(F)(F)c1cccc(N2CCN(CCCCCCn3nc4ccccc4n3)CC2)c1. The van der Waals surface area contributed by atoms with E-state index in [2.05, 4.69) is 15.1 Å². The van der Waals surface area contributed by atoms with Crippen LogP contribution in [0.5, 0.6) is 0 Å². The smallest absolute Gasteiger partial charge is 0.369 e. The molecule has 1 aromatic heterocycles. The fraction of sp³-hybridized carbons (Fsp3) is 0.478. The van der Waals surface area contributed by atoms with Gasteiger partial charge in [-0.1, -0.05) is 31.0 Å². The molecule has 3 aromatic rings. The molecule has 1 aliphatic rings. The molecule has 0 radical (unpaired) electrons. The van der Waals surface area contributed by atoms with E-state index in [1.54, 1.807) is 10.9 Å². The van der Waals surface area contributed by atoms with Gasteiger partial charge in [-0.15, -0.1) is 0 Å². The molecule has 166 valence electrons. The molecule has 1 aliphatic heterocycles. The first kappa shape index (κ1) is 21.6. The van der Waals surface area contributed by atoms with Gasteiger partial charge in [0.05, 0.1) is 12.1 Å². The lowest BCUT2D eigenvalue weighted by Gasteiger charge is -2.36. The average Bonchev–Trinajstić information content (AvgIpc) is 3.19. The van der Waals surface area contributed by atoms with Gasteiger partial charge >= 0.3 is 6.18 Å². The molecule has 0 atom stereocenters. The minimum atomic E-state index is -4.29. The fourth-order valence-electron chi connectivity index (χ4n) is 4.06. The monoisotopic (exact) mass is 431 g/mol. The molecule has 1 fully saturated rings. The van der Waals surface area contributed by atoms with Crippen LogP contribution in [0.1, 0.15) is 31.2 Å². The van der Waals surface area contributed by atoms with E-state index in [0.29, 0.717) is 5.69 Å². The van der Waals surface area contributed by atoms with Crippen LogP contribution in [0.3, 0.4) is 0 Å². The van der Waals surface area contributed by atoms with Gasteiger partial charge in [0, 0.05) is 31.9 Å². The molecule has 0 spiro atoms. The summed E-state index contributed by atoms with van der Waals surface area (Å²) in [6.45, 7) is 5.18. The van der Waals surface area contributed by atoms with Crippen molar-refractivity contribution in [2.24, 2.45) is 0 Å². The van der Waals surface area contributed by atoms with Crippen LogP contribution in [-0.2, 0) is 12.7 Å². The minimum absolute atomic E-state index is 0.578. The van der Waals surface area contributed by atoms with Gasteiger partial charge in [0.1, 0.15) is 11.0 Å². The number of piperazine rings is 1. The van der Waals surface area contributed by atoms with E-state index in [9.17, 15) is 13.2 Å². The van der Waals surface area contributed by atoms with Gasteiger partial charge in [-0.3, -0.25) is 4.90 Å². The lowest BCUT2D eigenvalue weighted by atomic mass is 10.1. The van der Waals surface area contributed by atoms with Gasteiger partial charge < -0.3 is 4.90 Å². The Morgan fingerprint density at radius 3 is 2.03 bits per heavy atom. The largest absolute Gasteiger partial charge is 0.416 e. The number of nitrogens with zero attached hydrogens (tertiary/aromatic N) is 5. The zero-order chi connectivity index (χ0) is 21.7. The molecular formula is C23H28F3N5. The fourth-order valence-corrected chi connectivity index (χ4v) is 4.06. The molecule has 2 aromatic carbocycles. The summed E-state index contributed by atoms with van der Waals surface area (Å²) >= 11 is 0. The quantitative estimate of drug-likeness (QED) is 0.479.